The largest absolute Gasteiger partial charge is 0.481 e. The molecule has 0 aliphatic rings. The Morgan fingerprint density at radius 3 is 2.33 bits per heavy atom. The Balaban J connectivity index is 0. The van der Waals surface area contributed by atoms with Crippen molar-refractivity contribution in [1.29, 1.82) is 0 Å². The first-order valence-corrected chi connectivity index (χ1v) is 3.08. The molecule has 0 saturated carbocycles. The van der Waals surface area contributed by atoms with Crippen LogP contribution < -0.4 is 0 Å². The summed E-state index contributed by atoms with van der Waals surface area (Å²) in [6.45, 7) is 4.74. The molecule has 0 bridgehead atoms. The SMILES string of the molecule is C=C(C)C(=O)OCCC(=O)O.[Cu]. The Morgan fingerprint density at radius 1 is 1.50 bits per heavy atom. The number of esters is 1. The molecule has 0 aromatic carbocycles. The molecule has 0 heterocycles. The molecule has 4 nitrogen and oxygen atoms in total. The predicted octanol–water partition coefficient (Wildman–Crippen LogP) is 0.578. The smallest absolute Gasteiger partial charge is 0.333 e. The number of carbonyl (C=O) groups is 2. The fourth-order valence-electron chi connectivity index (χ4n) is 0.354. The maximum atomic E-state index is 10.6. The molecule has 0 aromatic rings. The Bertz CT molecular complexity index is 188. The first-order chi connectivity index (χ1) is 5.04. The minimum atomic E-state index is -0.987. The van der Waals surface area contributed by atoms with Crippen molar-refractivity contribution < 1.29 is 36.5 Å². The van der Waals surface area contributed by atoms with Gasteiger partial charge in [0.1, 0.15) is 6.61 Å². The van der Waals surface area contributed by atoms with Crippen LogP contribution in [0.2, 0.25) is 0 Å². The van der Waals surface area contributed by atoms with Crippen LogP contribution in [-0.4, -0.2) is 23.7 Å². The van der Waals surface area contributed by atoms with Gasteiger partial charge in [-0.1, -0.05) is 6.58 Å². The Hall–Kier alpha value is -0.801. The molecule has 0 rings (SSSR count). The molecule has 0 saturated heterocycles. The Morgan fingerprint density at radius 2 is 2.00 bits per heavy atom. The van der Waals surface area contributed by atoms with E-state index in [9.17, 15) is 9.59 Å². The van der Waals surface area contributed by atoms with Crippen LogP contribution in [0, 0.1) is 0 Å². The number of hydrogen-bond acceptors (Lipinski definition) is 3. The van der Waals surface area contributed by atoms with E-state index in [0.717, 1.165) is 0 Å². The fourth-order valence-corrected chi connectivity index (χ4v) is 0.354. The van der Waals surface area contributed by atoms with E-state index in [1.54, 1.807) is 0 Å². The molecule has 0 fully saturated rings. The van der Waals surface area contributed by atoms with E-state index >= 15 is 0 Å². The van der Waals surface area contributed by atoms with E-state index in [0.29, 0.717) is 0 Å². The minimum Gasteiger partial charge on any atom is -0.481 e. The van der Waals surface area contributed by atoms with E-state index in [4.69, 9.17) is 5.11 Å². The molecule has 1 radical (unpaired) electrons. The molecule has 0 unspecified atom stereocenters. The number of hydrogen-bond donors (Lipinski definition) is 1. The Labute approximate surface area is 81.1 Å². The third-order valence-corrected chi connectivity index (χ3v) is 0.898. The van der Waals surface area contributed by atoms with Crippen LogP contribution in [-0.2, 0) is 31.4 Å². The second-order valence-electron chi connectivity index (χ2n) is 2.06. The van der Waals surface area contributed by atoms with Crippen LogP contribution in [0.25, 0.3) is 0 Å². The van der Waals surface area contributed by atoms with Gasteiger partial charge < -0.3 is 9.84 Å². The van der Waals surface area contributed by atoms with Gasteiger partial charge in [0.2, 0.25) is 0 Å². The first-order valence-electron chi connectivity index (χ1n) is 3.08. The standard InChI is InChI=1S/C7H10O4.Cu/c1-5(2)7(10)11-4-3-6(8)9;/h1,3-4H2,2H3,(H,8,9);. The Kier molecular flexibility index (Phi) is 7.90. The summed E-state index contributed by atoms with van der Waals surface area (Å²) in [5.74, 6) is -1.54. The van der Waals surface area contributed by atoms with Crippen LogP contribution in [0.1, 0.15) is 13.3 Å². The number of aliphatic carboxylic acids is 1. The second-order valence-corrected chi connectivity index (χ2v) is 2.06. The monoisotopic (exact) mass is 221 g/mol. The van der Waals surface area contributed by atoms with Gasteiger partial charge in [0.15, 0.2) is 0 Å². The number of carboxylic acids is 1. The summed E-state index contributed by atoms with van der Waals surface area (Å²) < 4.78 is 4.49. The molecule has 0 atom stereocenters. The molecule has 0 aliphatic heterocycles. The van der Waals surface area contributed by atoms with Gasteiger partial charge in [-0.15, -0.1) is 0 Å². The summed E-state index contributed by atoms with van der Waals surface area (Å²) in [6, 6.07) is 0. The van der Waals surface area contributed by atoms with E-state index in [2.05, 4.69) is 11.3 Å². The third kappa shape index (κ3) is 7.31. The third-order valence-electron chi connectivity index (χ3n) is 0.898. The summed E-state index contributed by atoms with van der Waals surface area (Å²) >= 11 is 0. The van der Waals surface area contributed by atoms with Crippen molar-refractivity contribution in [3.63, 3.8) is 0 Å². The normalized spacial score (nSPS) is 8.08. The fraction of sp³-hybridized carbons (Fsp3) is 0.429. The van der Waals surface area contributed by atoms with Gasteiger partial charge in [-0.3, -0.25) is 4.79 Å². The first kappa shape index (κ1) is 13.8. The van der Waals surface area contributed by atoms with Crippen molar-refractivity contribution >= 4 is 11.9 Å². The summed E-state index contributed by atoms with van der Waals surface area (Å²) in [5, 5.41) is 8.15. The van der Waals surface area contributed by atoms with E-state index in [1.807, 2.05) is 0 Å². The molecule has 5 heteroatoms. The van der Waals surface area contributed by atoms with Crippen LogP contribution in [0.3, 0.4) is 0 Å². The molecule has 0 aromatic heterocycles. The number of carboxylic acid groups (broad SMARTS) is 1. The van der Waals surface area contributed by atoms with Gasteiger partial charge in [-0.2, -0.15) is 0 Å². The summed E-state index contributed by atoms with van der Waals surface area (Å²) in [5.41, 5.74) is 0.274. The zero-order valence-corrected chi connectivity index (χ0v) is 7.54. The zero-order valence-electron chi connectivity index (χ0n) is 6.59. The minimum absolute atomic E-state index is 0. The average Bonchev–Trinajstić information content (AvgIpc) is 1.86. The van der Waals surface area contributed by atoms with Crippen molar-refractivity contribution in [2.75, 3.05) is 6.61 Å². The van der Waals surface area contributed by atoms with Crippen LogP contribution >= 0.6 is 0 Å². The average molecular weight is 222 g/mol. The molecule has 1 N–H and O–H groups in total. The molecular formula is C7H10CuO4. The summed E-state index contributed by atoms with van der Waals surface area (Å²) in [6.07, 6.45) is -0.168. The second kappa shape index (κ2) is 6.88. The van der Waals surface area contributed by atoms with Crippen molar-refractivity contribution in [2.45, 2.75) is 13.3 Å². The summed E-state index contributed by atoms with van der Waals surface area (Å²) in [4.78, 5) is 20.5. The van der Waals surface area contributed by atoms with Crippen LogP contribution in [0.5, 0.6) is 0 Å². The van der Waals surface area contributed by atoms with E-state index in [-0.39, 0.29) is 35.7 Å². The molecule has 73 valence electrons. The van der Waals surface area contributed by atoms with Crippen molar-refractivity contribution in [2.24, 2.45) is 0 Å². The summed E-state index contributed by atoms with van der Waals surface area (Å²) in [7, 11) is 0. The molecule has 0 aliphatic carbocycles. The predicted molar refractivity (Wildman–Crippen MR) is 38.0 cm³/mol. The molecule has 0 spiro atoms. The molecule has 12 heavy (non-hydrogen) atoms. The molecule has 0 amide bonds. The van der Waals surface area contributed by atoms with Gasteiger partial charge in [-0.05, 0) is 6.92 Å². The number of ether oxygens (including phenoxy) is 1. The van der Waals surface area contributed by atoms with Crippen molar-refractivity contribution in [1.82, 2.24) is 0 Å². The van der Waals surface area contributed by atoms with Crippen LogP contribution in [0.4, 0.5) is 0 Å². The number of rotatable bonds is 4. The van der Waals surface area contributed by atoms with Crippen molar-refractivity contribution in [3.05, 3.63) is 12.2 Å². The maximum absolute atomic E-state index is 10.6. The van der Waals surface area contributed by atoms with Gasteiger partial charge >= 0.3 is 11.9 Å². The van der Waals surface area contributed by atoms with Crippen LogP contribution in [0.15, 0.2) is 12.2 Å². The maximum Gasteiger partial charge on any atom is 0.333 e. The van der Waals surface area contributed by atoms with Gasteiger partial charge in [0.25, 0.3) is 0 Å². The molecular weight excluding hydrogens is 212 g/mol. The van der Waals surface area contributed by atoms with Gasteiger partial charge in [0.05, 0.1) is 6.42 Å². The van der Waals surface area contributed by atoms with E-state index in [1.165, 1.54) is 6.92 Å². The topological polar surface area (TPSA) is 63.6 Å². The van der Waals surface area contributed by atoms with Gasteiger partial charge in [-0.25, -0.2) is 4.79 Å². The number of carbonyl (C=O) groups excluding carboxylic acids is 1. The zero-order chi connectivity index (χ0) is 8.85. The van der Waals surface area contributed by atoms with Crippen molar-refractivity contribution in [3.8, 4) is 0 Å². The van der Waals surface area contributed by atoms with E-state index < -0.39 is 11.9 Å². The van der Waals surface area contributed by atoms with Gasteiger partial charge in [0, 0.05) is 22.6 Å². The quantitative estimate of drug-likeness (QED) is 0.429.